The SMILES string of the molecule is Cc1cc(C)c(CN2CCCc3sc([C@H](C)C4CCN(Cc5ccccc5)CC4)c(C)c3C2=O)c(=O)[nH]1.Cc1cc(C)c(CN2CCCc3sc([C@H](C)C4CCNCC4)c(C)c3C2=O)c(=O)[nH]1. The van der Waals surface area contributed by atoms with E-state index in [0.29, 0.717) is 61.0 Å². The zero-order valence-electron chi connectivity index (χ0n) is 41.2. The maximum Gasteiger partial charge on any atom is 0.255 e. The number of hydrogen-bond acceptors (Lipinski definition) is 8. The van der Waals surface area contributed by atoms with Crippen LogP contribution in [0, 0.1) is 53.4 Å². The van der Waals surface area contributed by atoms with Gasteiger partial charge in [0.25, 0.3) is 22.9 Å². The van der Waals surface area contributed by atoms with Crippen molar-refractivity contribution in [2.75, 3.05) is 39.3 Å². The summed E-state index contributed by atoms with van der Waals surface area (Å²) in [6, 6.07) is 14.7. The van der Waals surface area contributed by atoms with Gasteiger partial charge < -0.3 is 25.1 Å². The number of H-pyrrole nitrogens is 2. The lowest BCUT2D eigenvalue weighted by Gasteiger charge is -2.35. The third kappa shape index (κ3) is 10.8. The zero-order valence-corrected chi connectivity index (χ0v) is 42.8. The van der Waals surface area contributed by atoms with Crippen LogP contribution in [0.15, 0.2) is 52.1 Å². The predicted octanol–water partition coefficient (Wildman–Crippen LogP) is 10.0. The normalized spacial score (nSPS) is 18.4. The van der Waals surface area contributed by atoms with Gasteiger partial charge in [0.05, 0.1) is 24.2 Å². The summed E-state index contributed by atoms with van der Waals surface area (Å²) in [5.41, 5.74) is 10.4. The number of benzene rings is 1. The first-order chi connectivity index (χ1) is 32.2. The van der Waals surface area contributed by atoms with Crippen LogP contribution in [0.25, 0.3) is 0 Å². The van der Waals surface area contributed by atoms with Crippen molar-refractivity contribution in [3.05, 3.63) is 144 Å². The molecule has 0 spiro atoms. The van der Waals surface area contributed by atoms with Crippen molar-refractivity contribution >= 4 is 34.5 Å². The summed E-state index contributed by atoms with van der Waals surface area (Å²) >= 11 is 3.73. The summed E-state index contributed by atoms with van der Waals surface area (Å²) in [5, 5.41) is 3.46. The molecular weight excluding hydrogens is 873 g/mol. The van der Waals surface area contributed by atoms with Crippen LogP contribution in [-0.4, -0.2) is 75.8 Å². The van der Waals surface area contributed by atoms with E-state index in [-0.39, 0.29) is 22.9 Å². The fraction of sp³-hybridized carbons (Fsp3) is 0.527. The molecule has 0 bridgehead atoms. The second kappa shape index (κ2) is 21.3. The zero-order chi connectivity index (χ0) is 47.5. The Morgan fingerprint density at radius 3 is 1.49 bits per heavy atom. The van der Waals surface area contributed by atoms with Gasteiger partial charge in [0.1, 0.15) is 0 Å². The maximum atomic E-state index is 13.8. The second-order valence-corrected chi connectivity index (χ2v) is 22.4. The molecule has 0 aliphatic carbocycles. The number of piperidine rings is 2. The fourth-order valence-electron chi connectivity index (χ4n) is 11.4. The Bertz CT molecular complexity index is 2680. The first kappa shape index (κ1) is 48.8. The minimum absolute atomic E-state index is 0.0768. The van der Waals surface area contributed by atoms with E-state index in [1.165, 1.54) is 61.9 Å². The van der Waals surface area contributed by atoms with E-state index < -0.39 is 0 Å². The molecule has 358 valence electrons. The summed E-state index contributed by atoms with van der Waals surface area (Å²) in [6.07, 6.45) is 8.59. The summed E-state index contributed by atoms with van der Waals surface area (Å²) < 4.78 is 0. The smallest absolute Gasteiger partial charge is 0.255 e. The highest BCUT2D eigenvalue weighted by molar-refractivity contribution is 7.13. The van der Waals surface area contributed by atoms with Crippen molar-refractivity contribution in [1.82, 2.24) is 30.0 Å². The number of rotatable bonds is 10. The number of fused-ring (bicyclic) bond motifs is 2. The van der Waals surface area contributed by atoms with Crippen LogP contribution in [-0.2, 0) is 32.5 Å². The van der Waals surface area contributed by atoms with Crippen LogP contribution < -0.4 is 16.4 Å². The van der Waals surface area contributed by atoms with Crippen LogP contribution in [0.1, 0.15) is 155 Å². The van der Waals surface area contributed by atoms with Crippen LogP contribution in [0.5, 0.6) is 0 Å². The Kier molecular flexibility index (Phi) is 15.6. The molecule has 2 amide bonds. The number of carbonyl (C=O) groups excluding carboxylic acids is 2. The quantitative estimate of drug-likeness (QED) is 0.128. The van der Waals surface area contributed by atoms with Crippen molar-refractivity contribution < 1.29 is 9.59 Å². The van der Waals surface area contributed by atoms with Crippen LogP contribution >= 0.6 is 22.7 Å². The fourth-order valence-corrected chi connectivity index (χ4v) is 14.4. The number of aryl methyl sites for hydroxylation is 6. The molecule has 0 saturated carbocycles. The summed E-state index contributed by atoms with van der Waals surface area (Å²) in [6.45, 7) is 24.3. The van der Waals surface area contributed by atoms with E-state index >= 15 is 0 Å². The van der Waals surface area contributed by atoms with E-state index in [2.05, 4.69) is 78.2 Å². The molecule has 2 atom stereocenters. The van der Waals surface area contributed by atoms with Crippen molar-refractivity contribution in [3.63, 3.8) is 0 Å². The molecule has 2 fully saturated rings. The molecule has 4 aliphatic heterocycles. The van der Waals surface area contributed by atoms with Gasteiger partial charge in [0, 0.05) is 61.7 Å². The average Bonchev–Trinajstić information content (AvgIpc) is 3.69. The van der Waals surface area contributed by atoms with Crippen molar-refractivity contribution in [2.45, 2.75) is 138 Å². The highest BCUT2D eigenvalue weighted by Gasteiger charge is 2.34. The third-order valence-corrected chi connectivity index (χ3v) is 18.5. The van der Waals surface area contributed by atoms with Gasteiger partial charge in [-0.2, -0.15) is 0 Å². The Morgan fingerprint density at radius 1 is 0.597 bits per heavy atom. The number of pyridine rings is 2. The van der Waals surface area contributed by atoms with Gasteiger partial charge in [-0.05, 0) is 183 Å². The monoisotopic (exact) mass is 945 g/mol. The minimum atomic E-state index is -0.0790. The molecular formula is C55H72N6O4S2. The summed E-state index contributed by atoms with van der Waals surface area (Å²) in [5.74, 6) is 2.48. The molecule has 5 aromatic rings. The molecule has 0 unspecified atom stereocenters. The highest BCUT2D eigenvalue weighted by Crippen LogP contribution is 2.43. The number of aromatic amines is 2. The highest BCUT2D eigenvalue weighted by atomic mass is 32.1. The Hall–Kier alpha value is -4.62. The molecule has 12 heteroatoms. The Labute approximate surface area is 405 Å². The molecule has 2 saturated heterocycles. The molecule has 3 N–H and O–H groups in total. The number of amides is 2. The largest absolute Gasteiger partial charge is 0.334 e. The molecule has 8 heterocycles. The predicted molar refractivity (Wildman–Crippen MR) is 274 cm³/mol. The Balaban J connectivity index is 0.000000186. The third-order valence-electron chi connectivity index (χ3n) is 15.4. The lowest BCUT2D eigenvalue weighted by atomic mass is 9.83. The standard InChI is InChI=1S/C31H39N3O2S.C24H33N3O2S/c1-20-17-21(2)32-30(35)26(20)19-34-14-8-11-27-28(31(34)36)23(4)29(37-27)22(3)25-12-15-33(16-13-25)18-24-9-6-5-7-10-24;1-14-12-15(2)26-23(28)19(14)13-27-11-5-6-20-21(24(27)29)17(4)22(30-20)16(3)18-7-9-25-10-8-18/h5-7,9-10,17,22,25H,8,11-16,18-19H2,1-4H3,(H,32,35);12,16,18,25H,5-11,13H2,1-4H3,(H,26,28)/t22-;16-/m11/s1. The van der Waals surface area contributed by atoms with Gasteiger partial charge in [0.15, 0.2) is 0 Å². The average molecular weight is 945 g/mol. The van der Waals surface area contributed by atoms with E-state index in [0.717, 1.165) is 92.0 Å². The van der Waals surface area contributed by atoms with Gasteiger partial charge in [-0.3, -0.25) is 24.1 Å². The van der Waals surface area contributed by atoms with Crippen molar-refractivity contribution in [1.29, 1.82) is 0 Å². The number of carbonyl (C=O) groups is 2. The lowest BCUT2D eigenvalue weighted by Crippen LogP contribution is -2.35. The minimum Gasteiger partial charge on any atom is -0.334 e. The number of aromatic nitrogens is 2. The number of thiophene rings is 2. The number of likely N-dealkylation sites (tertiary alicyclic amines) is 1. The number of nitrogens with zero attached hydrogens (tertiary/aromatic N) is 3. The Morgan fingerprint density at radius 2 is 1.04 bits per heavy atom. The van der Waals surface area contributed by atoms with Crippen LogP contribution in [0.4, 0.5) is 0 Å². The van der Waals surface area contributed by atoms with E-state index in [9.17, 15) is 19.2 Å². The van der Waals surface area contributed by atoms with Crippen LogP contribution in [0.2, 0.25) is 0 Å². The second-order valence-electron chi connectivity index (χ2n) is 20.1. The number of nitrogens with one attached hydrogen (secondary N) is 3. The van der Waals surface area contributed by atoms with Crippen molar-refractivity contribution in [3.8, 4) is 0 Å². The lowest BCUT2D eigenvalue weighted by molar-refractivity contribution is 0.0740. The van der Waals surface area contributed by atoms with Crippen LogP contribution in [0.3, 0.4) is 0 Å². The molecule has 67 heavy (non-hydrogen) atoms. The number of hydrogen-bond donors (Lipinski definition) is 3. The molecule has 1 aromatic carbocycles. The van der Waals surface area contributed by atoms with E-state index in [1.807, 2.05) is 72.3 Å². The van der Waals surface area contributed by atoms with Gasteiger partial charge in [-0.15, -0.1) is 22.7 Å². The first-order valence-corrected chi connectivity index (χ1v) is 26.5. The van der Waals surface area contributed by atoms with E-state index in [1.54, 1.807) is 0 Å². The molecule has 10 nitrogen and oxygen atoms in total. The molecule has 4 aromatic heterocycles. The molecule has 4 aliphatic rings. The van der Waals surface area contributed by atoms with Gasteiger partial charge in [-0.1, -0.05) is 44.2 Å². The first-order valence-electron chi connectivity index (χ1n) is 24.9. The van der Waals surface area contributed by atoms with Gasteiger partial charge >= 0.3 is 0 Å². The summed E-state index contributed by atoms with van der Waals surface area (Å²) in [7, 11) is 0. The summed E-state index contributed by atoms with van der Waals surface area (Å²) in [4.78, 5) is 69.9. The van der Waals surface area contributed by atoms with E-state index in [4.69, 9.17) is 0 Å². The topological polar surface area (TPSA) is 122 Å². The van der Waals surface area contributed by atoms with Gasteiger partial charge in [0.2, 0.25) is 0 Å². The van der Waals surface area contributed by atoms with Gasteiger partial charge in [-0.25, -0.2) is 0 Å². The molecule has 9 rings (SSSR count). The molecule has 0 radical (unpaired) electrons. The van der Waals surface area contributed by atoms with Crippen molar-refractivity contribution in [2.24, 2.45) is 11.8 Å². The maximum absolute atomic E-state index is 13.8.